The minimum Gasteiger partial charge on any atom is -0.493 e. The number of nitrogens with zero attached hydrogens (tertiary/aromatic N) is 2. The molecule has 4 aromatic rings. The van der Waals surface area contributed by atoms with E-state index in [1.165, 1.54) is 11.3 Å². The van der Waals surface area contributed by atoms with Gasteiger partial charge < -0.3 is 9.47 Å². The molecule has 0 saturated heterocycles. The van der Waals surface area contributed by atoms with Gasteiger partial charge in [-0.1, -0.05) is 29.5 Å². The van der Waals surface area contributed by atoms with E-state index in [-0.39, 0.29) is 5.56 Å². The summed E-state index contributed by atoms with van der Waals surface area (Å²) in [6.07, 6.45) is 1.85. The first-order chi connectivity index (χ1) is 11.7. The molecule has 5 nitrogen and oxygen atoms in total. The summed E-state index contributed by atoms with van der Waals surface area (Å²) in [5.74, 6) is 1.29. The van der Waals surface area contributed by atoms with Crippen molar-refractivity contribution in [3.05, 3.63) is 62.9 Å². The van der Waals surface area contributed by atoms with Crippen molar-refractivity contribution in [2.24, 2.45) is 0 Å². The van der Waals surface area contributed by atoms with Crippen LogP contribution in [0.15, 0.2) is 47.3 Å². The predicted octanol–water partition coefficient (Wildman–Crippen LogP) is 2.47. The lowest BCUT2D eigenvalue weighted by molar-refractivity contribution is 0.355. The van der Waals surface area contributed by atoms with Crippen LogP contribution in [-0.4, -0.2) is 23.6 Å². The number of methoxy groups -OCH3 is 2. The lowest BCUT2D eigenvalue weighted by atomic mass is 10.2. The van der Waals surface area contributed by atoms with Crippen LogP contribution in [0.2, 0.25) is 0 Å². The summed E-state index contributed by atoms with van der Waals surface area (Å²) >= 11 is 1.38. The molecule has 0 aliphatic rings. The molecule has 0 aliphatic heterocycles. The highest BCUT2D eigenvalue weighted by atomic mass is 32.1. The summed E-state index contributed by atoms with van der Waals surface area (Å²) in [5, 5.41) is 0. The number of para-hydroxylation sites is 2. The van der Waals surface area contributed by atoms with E-state index in [9.17, 15) is 4.79 Å². The molecule has 0 aliphatic carbocycles. The second-order valence-corrected chi connectivity index (χ2v) is 6.26. The molecule has 2 heterocycles. The Balaban J connectivity index is 1.92. The Morgan fingerprint density at radius 3 is 2.67 bits per heavy atom. The number of rotatable bonds is 3. The highest BCUT2D eigenvalue weighted by molar-refractivity contribution is 7.15. The van der Waals surface area contributed by atoms with Gasteiger partial charge in [-0.2, -0.15) is 0 Å². The molecule has 0 radical (unpaired) electrons. The maximum Gasteiger partial charge on any atom is 0.274 e. The highest BCUT2D eigenvalue weighted by Crippen LogP contribution is 2.27. The van der Waals surface area contributed by atoms with E-state index >= 15 is 0 Å². The Labute approximate surface area is 141 Å². The van der Waals surface area contributed by atoms with Gasteiger partial charge in [0.1, 0.15) is 0 Å². The Morgan fingerprint density at radius 2 is 1.88 bits per heavy atom. The van der Waals surface area contributed by atoms with Gasteiger partial charge in [0, 0.05) is 0 Å². The number of hydrogen-bond donors (Lipinski definition) is 0. The van der Waals surface area contributed by atoms with Crippen molar-refractivity contribution in [1.82, 2.24) is 9.38 Å². The van der Waals surface area contributed by atoms with Crippen molar-refractivity contribution >= 4 is 33.4 Å². The maximum atomic E-state index is 12.7. The SMILES string of the molecule is COc1ccc(/C=c2\sc3nc4ccccc4n3c2=O)cc1OC. The Morgan fingerprint density at radius 1 is 1.08 bits per heavy atom. The minimum absolute atomic E-state index is 0.0570. The zero-order valence-electron chi connectivity index (χ0n) is 13.1. The summed E-state index contributed by atoms with van der Waals surface area (Å²) in [7, 11) is 3.18. The fourth-order valence-electron chi connectivity index (χ4n) is 2.71. The van der Waals surface area contributed by atoms with Gasteiger partial charge in [0.25, 0.3) is 5.56 Å². The normalized spacial score (nSPS) is 12.2. The number of imidazole rings is 1. The van der Waals surface area contributed by atoms with Gasteiger partial charge in [-0.05, 0) is 35.9 Å². The standard InChI is InChI=1S/C18H14N2O3S/c1-22-14-8-7-11(9-15(14)23-2)10-16-17(21)20-13-6-4-3-5-12(13)19-18(20)24-16/h3-10H,1-2H3/b16-10-. The van der Waals surface area contributed by atoms with Gasteiger partial charge in [0.2, 0.25) is 0 Å². The first kappa shape index (κ1) is 14.7. The molecule has 120 valence electrons. The fourth-order valence-corrected chi connectivity index (χ4v) is 3.69. The number of fused-ring (bicyclic) bond motifs is 3. The molecule has 6 heteroatoms. The van der Waals surface area contributed by atoms with E-state index in [0.717, 1.165) is 16.6 Å². The van der Waals surface area contributed by atoms with Crippen molar-refractivity contribution < 1.29 is 9.47 Å². The molecule has 0 fully saturated rings. The largest absolute Gasteiger partial charge is 0.493 e. The molecule has 2 aromatic heterocycles. The number of aromatic nitrogens is 2. The number of hydrogen-bond acceptors (Lipinski definition) is 5. The van der Waals surface area contributed by atoms with Crippen LogP contribution in [0.4, 0.5) is 0 Å². The van der Waals surface area contributed by atoms with Gasteiger partial charge in [-0.3, -0.25) is 4.79 Å². The summed E-state index contributed by atoms with van der Waals surface area (Å²) < 4.78 is 12.8. The van der Waals surface area contributed by atoms with Crippen LogP contribution in [-0.2, 0) is 0 Å². The van der Waals surface area contributed by atoms with Crippen LogP contribution >= 0.6 is 11.3 Å². The second-order valence-electron chi connectivity index (χ2n) is 5.25. The first-order valence-electron chi connectivity index (χ1n) is 7.35. The molecule has 0 unspecified atom stereocenters. The molecule has 0 bridgehead atoms. The van der Waals surface area contributed by atoms with Crippen LogP contribution in [0.5, 0.6) is 11.5 Å². The Bertz CT molecular complexity index is 1160. The molecule has 0 atom stereocenters. The quantitative estimate of drug-likeness (QED) is 0.576. The zero-order chi connectivity index (χ0) is 16.7. The summed E-state index contributed by atoms with van der Waals surface area (Å²) in [5.41, 5.74) is 2.48. The van der Waals surface area contributed by atoms with Crippen molar-refractivity contribution in [2.75, 3.05) is 14.2 Å². The molecule has 4 rings (SSSR count). The van der Waals surface area contributed by atoms with E-state index in [1.807, 2.05) is 48.5 Å². The average molecular weight is 338 g/mol. The maximum absolute atomic E-state index is 12.7. The van der Waals surface area contributed by atoms with E-state index < -0.39 is 0 Å². The molecule has 0 N–H and O–H groups in total. The third kappa shape index (κ3) is 2.23. The van der Waals surface area contributed by atoms with Crippen molar-refractivity contribution in [2.45, 2.75) is 0 Å². The topological polar surface area (TPSA) is 52.8 Å². The Kier molecular flexibility index (Phi) is 3.46. The van der Waals surface area contributed by atoms with Gasteiger partial charge in [0.15, 0.2) is 16.5 Å². The average Bonchev–Trinajstić information content (AvgIpc) is 3.11. The minimum atomic E-state index is -0.0570. The first-order valence-corrected chi connectivity index (χ1v) is 8.16. The second kappa shape index (κ2) is 5.65. The third-order valence-corrected chi connectivity index (χ3v) is 4.82. The summed E-state index contributed by atoms with van der Waals surface area (Å²) in [4.78, 5) is 17.9. The van der Waals surface area contributed by atoms with Crippen molar-refractivity contribution in [1.29, 1.82) is 0 Å². The van der Waals surface area contributed by atoms with Crippen LogP contribution < -0.4 is 19.6 Å². The predicted molar refractivity (Wildman–Crippen MR) is 95.2 cm³/mol. The zero-order valence-corrected chi connectivity index (χ0v) is 14.0. The lowest BCUT2D eigenvalue weighted by Gasteiger charge is -2.07. The number of benzene rings is 2. The lowest BCUT2D eigenvalue weighted by Crippen LogP contribution is -2.22. The van der Waals surface area contributed by atoms with Gasteiger partial charge in [0.05, 0.1) is 29.8 Å². The monoisotopic (exact) mass is 338 g/mol. The molecular formula is C18H14N2O3S. The fraction of sp³-hybridized carbons (Fsp3) is 0.111. The van der Waals surface area contributed by atoms with E-state index in [4.69, 9.17) is 9.47 Å². The van der Waals surface area contributed by atoms with Crippen LogP contribution in [0.3, 0.4) is 0 Å². The molecule has 0 saturated carbocycles. The number of thiazole rings is 1. The number of ether oxygens (including phenoxy) is 2. The van der Waals surface area contributed by atoms with E-state index in [1.54, 1.807) is 18.6 Å². The van der Waals surface area contributed by atoms with Crippen molar-refractivity contribution in [3.63, 3.8) is 0 Å². The molecule has 0 amide bonds. The van der Waals surface area contributed by atoms with Crippen molar-refractivity contribution in [3.8, 4) is 11.5 Å². The molecule has 24 heavy (non-hydrogen) atoms. The highest BCUT2D eigenvalue weighted by Gasteiger charge is 2.11. The van der Waals surface area contributed by atoms with Gasteiger partial charge in [-0.15, -0.1) is 0 Å². The van der Waals surface area contributed by atoms with Gasteiger partial charge in [-0.25, -0.2) is 9.38 Å². The molecule has 2 aromatic carbocycles. The van der Waals surface area contributed by atoms with E-state index in [0.29, 0.717) is 21.0 Å². The van der Waals surface area contributed by atoms with Crippen LogP contribution in [0.25, 0.3) is 22.1 Å². The van der Waals surface area contributed by atoms with Gasteiger partial charge >= 0.3 is 0 Å². The Hall–Kier alpha value is -2.86. The summed E-state index contributed by atoms with van der Waals surface area (Å²) in [6, 6.07) is 13.2. The van der Waals surface area contributed by atoms with Crippen LogP contribution in [0.1, 0.15) is 5.56 Å². The van der Waals surface area contributed by atoms with Crippen LogP contribution in [0, 0.1) is 0 Å². The molecular weight excluding hydrogens is 324 g/mol. The third-order valence-electron chi connectivity index (χ3n) is 3.85. The van der Waals surface area contributed by atoms with E-state index in [2.05, 4.69) is 4.98 Å². The summed E-state index contributed by atoms with van der Waals surface area (Å²) in [6.45, 7) is 0. The smallest absolute Gasteiger partial charge is 0.274 e. The molecule has 0 spiro atoms.